The van der Waals surface area contributed by atoms with Crippen molar-refractivity contribution in [3.05, 3.63) is 35.9 Å². The number of carbonyl (C=O) groups is 1. The third-order valence-corrected chi connectivity index (χ3v) is 4.13. The maximum absolute atomic E-state index is 11.9. The molecule has 0 heterocycles. The maximum atomic E-state index is 11.9. The van der Waals surface area contributed by atoms with Crippen LogP contribution in [0.5, 0.6) is 0 Å². The van der Waals surface area contributed by atoms with Crippen LogP contribution >= 0.6 is 0 Å². The number of carbonyl (C=O) groups excluding carboxylic acids is 1. The highest BCUT2D eigenvalue weighted by Gasteiger charge is 2.28. The number of benzene rings is 1. The van der Waals surface area contributed by atoms with E-state index in [4.69, 9.17) is 4.74 Å². The van der Waals surface area contributed by atoms with E-state index in [1.165, 1.54) is 5.56 Å². The van der Waals surface area contributed by atoms with Crippen LogP contribution in [0.1, 0.15) is 32.3 Å². The van der Waals surface area contributed by atoms with E-state index in [0.717, 1.165) is 12.8 Å². The van der Waals surface area contributed by atoms with Crippen LogP contribution in [0.25, 0.3) is 0 Å². The Morgan fingerprint density at radius 1 is 1.19 bits per heavy atom. The van der Waals surface area contributed by atoms with Crippen molar-refractivity contribution in [1.29, 1.82) is 0 Å². The van der Waals surface area contributed by atoms with Crippen molar-refractivity contribution in [3.8, 4) is 0 Å². The predicted octanol–water partition coefficient (Wildman–Crippen LogP) is 2.10. The molecule has 0 saturated carbocycles. The molecule has 0 aliphatic carbocycles. The highest BCUT2D eigenvalue weighted by atomic mass is 16.5. The quantitative estimate of drug-likeness (QED) is 0.649. The van der Waals surface area contributed by atoms with Crippen LogP contribution in [0.3, 0.4) is 0 Å². The Morgan fingerprint density at radius 3 is 2.43 bits per heavy atom. The van der Waals surface area contributed by atoms with Gasteiger partial charge in [-0.05, 0) is 18.4 Å². The zero-order valence-electron chi connectivity index (χ0n) is 13.4. The van der Waals surface area contributed by atoms with Gasteiger partial charge >= 0.3 is 0 Å². The normalized spacial score (nSPS) is 11.4. The van der Waals surface area contributed by atoms with Crippen molar-refractivity contribution in [1.82, 2.24) is 10.6 Å². The van der Waals surface area contributed by atoms with Crippen molar-refractivity contribution < 1.29 is 9.53 Å². The Morgan fingerprint density at radius 2 is 1.86 bits per heavy atom. The molecule has 0 unspecified atom stereocenters. The summed E-state index contributed by atoms with van der Waals surface area (Å²) in [6, 6.07) is 10.4. The van der Waals surface area contributed by atoms with E-state index in [1.807, 2.05) is 6.07 Å². The maximum Gasteiger partial charge on any atom is 0.233 e. The lowest BCUT2D eigenvalue weighted by atomic mass is 9.76. The molecule has 4 heteroatoms. The summed E-state index contributed by atoms with van der Waals surface area (Å²) in [4.78, 5) is 11.9. The average molecular weight is 292 g/mol. The summed E-state index contributed by atoms with van der Waals surface area (Å²) in [5, 5.41) is 6.12. The molecule has 0 aliphatic rings. The van der Waals surface area contributed by atoms with Gasteiger partial charge < -0.3 is 15.4 Å². The number of hydrogen-bond donors (Lipinski definition) is 2. The number of hydrogen-bond acceptors (Lipinski definition) is 3. The highest BCUT2D eigenvalue weighted by Crippen LogP contribution is 2.30. The largest absolute Gasteiger partial charge is 0.383 e. The number of ether oxygens (including phenoxy) is 1. The van der Waals surface area contributed by atoms with E-state index in [9.17, 15) is 4.79 Å². The summed E-state index contributed by atoms with van der Waals surface area (Å²) in [5.41, 5.74) is 1.31. The van der Waals surface area contributed by atoms with E-state index in [-0.39, 0.29) is 11.3 Å². The van der Waals surface area contributed by atoms with Crippen molar-refractivity contribution in [2.45, 2.75) is 32.1 Å². The second-order valence-corrected chi connectivity index (χ2v) is 5.30. The van der Waals surface area contributed by atoms with Crippen molar-refractivity contribution in [2.24, 2.45) is 0 Å². The topological polar surface area (TPSA) is 50.4 Å². The molecule has 0 aliphatic heterocycles. The molecule has 4 nitrogen and oxygen atoms in total. The molecule has 0 fully saturated rings. The lowest BCUT2D eigenvalue weighted by molar-refractivity contribution is -0.120. The van der Waals surface area contributed by atoms with Crippen LogP contribution in [-0.4, -0.2) is 39.3 Å². The lowest BCUT2D eigenvalue weighted by Crippen LogP contribution is -2.43. The third-order valence-electron chi connectivity index (χ3n) is 4.13. The van der Waals surface area contributed by atoms with Gasteiger partial charge in [0.15, 0.2) is 0 Å². The van der Waals surface area contributed by atoms with Gasteiger partial charge in [-0.2, -0.15) is 0 Å². The third kappa shape index (κ3) is 5.48. The Balaban J connectivity index is 2.54. The van der Waals surface area contributed by atoms with E-state index >= 15 is 0 Å². The van der Waals surface area contributed by atoms with Crippen molar-refractivity contribution >= 4 is 5.91 Å². The number of nitrogens with one attached hydrogen (secondary N) is 2. The second-order valence-electron chi connectivity index (χ2n) is 5.30. The molecular formula is C17H28N2O2. The summed E-state index contributed by atoms with van der Waals surface area (Å²) in [5.74, 6) is 0.0355. The van der Waals surface area contributed by atoms with Gasteiger partial charge in [0.25, 0.3) is 0 Å². The fraction of sp³-hybridized carbons (Fsp3) is 0.588. The summed E-state index contributed by atoms with van der Waals surface area (Å²) in [6.07, 6.45) is 2.01. The standard InChI is InChI=1S/C17H28N2O2/c1-4-17(5-2,15-9-7-6-8-10-15)14-19-16(20)13-18-11-12-21-3/h6-10,18H,4-5,11-14H2,1-3H3,(H,19,20). The Kier molecular flexibility index (Phi) is 8.01. The molecule has 1 amide bonds. The number of methoxy groups -OCH3 is 1. The van der Waals surface area contributed by atoms with Gasteiger partial charge in [0, 0.05) is 25.6 Å². The second kappa shape index (κ2) is 9.53. The smallest absolute Gasteiger partial charge is 0.233 e. The van der Waals surface area contributed by atoms with Crippen LogP contribution in [0.2, 0.25) is 0 Å². The minimum Gasteiger partial charge on any atom is -0.383 e. The molecule has 118 valence electrons. The molecule has 1 aromatic carbocycles. The molecule has 0 saturated heterocycles. The summed E-state index contributed by atoms with van der Waals surface area (Å²) < 4.78 is 4.94. The van der Waals surface area contributed by atoms with Crippen LogP contribution < -0.4 is 10.6 Å². The first-order valence-electron chi connectivity index (χ1n) is 7.70. The summed E-state index contributed by atoms with van der Waals surface area (Å²) >= 11 is 0. The van der Waals surface area contributed by atoms with Gasteiger partial charge in [-0.25, -0.2) is 0 Å². The molecule has 1 rings (SSSR count). The molecule has 0 radical (unpaired) electrons. The SMILES string of the molecule is CCC(CC)(CNC(=O)CNCCOC)c1ccccc1. The van der Waals surface area contributed by atoms with Gasteiger partial charge in [0.1, 0.15) is 0 Å². The van der Waals surface area contributed by atoms with Gasteiger partial charge in [0.2, 0.25) is 5.91 Å². The zero-order chi connectivity index (χ0) is 15.6. The first-order valence-corrected chi connectivity index (χ1v) is 7.70. The Hall–Kier alpha value is -1.39. The number of amides is 1. The average Bonchev–Trinajstić information content (AvgIpc) is 2.54. The van der Waals surface area contributed by atoms with E-state index in [1.54, 1.807) is 7.11 Å². The van der Waals surface area contributed by atoms with Crippen molar-refractivity contribution in [2.75, 3.05) is 33.4 Å². The molecule has 0 atom stereocenters. The monoisotopic (exact) mass is 292 g/mol. The van der Waals surface area contributed by atoms with Crippen molar-refractivity contribution in [3.63, 3.8) is 0 Å². The molecular weight excluding hydrogens is 264 g/mol. The molecule has 21 heavy (non-hydrogen) atoms. The molecule has 0 spiro atoms. The van der Waals surface area contributed by atoms with Gasteiger partial charge in [-0.1, -0.05) is 44.2 Å². The van der Waals surface area contributed by atoms with Gasteiger partial charge in [-0.15, -0.1) is 0 Å². The minimum atomic E-state index is 0.0173. The van der Waals surface area contributed by atoms with Crippen LogP contribution in [0, 0.1) is 0 Å². The summed E-state index contributed by atoms with van der Waals surface area (Å²) in [6.45, 7) is 6.68. The fourth-order valence-electron chi connectivity index (χ4n) is 2.51. The minimum absolute atomic E-state index is 0.0173. The van der Waals surface area contributed by atoms with Crippen LogP contribution in [-0.2, 0) is 14.9 Å². The molecule has 2 N–H and O–H groups in total. The Labute approximate surface area is 128 Å². The van der Waals surface area contributed by atoms with Gasteiger partial charge in [-0.3, -0.25) is 4.79 Å². The fourth-order valence-corrected chi connectivity index (χ4v) is 2.51. The first-order chi connectivity index (χ1) is 10.2. The summed E-state index contributed by atoms with van der Waals surface area (Å²) in [7, 11) is 1.65. The first kappa shape index (κ1) is 17.7. The molecule has 0 aromatic heterocycles. The highest BCUT2D eigenvalue weighted by molar-refractivity contribution is 5.78. The van der Waals surface area contributed by atoms with Crippen LogP contribution in [0.4, 0.5) is 0 Å². The molecule has 0 bridgehead atoms. The predicted molar refractivity (Wildman–Crippen MR) is 86.5 cm³/mol. The van der Waals surface area contributed by atoms with Gasteiger partial charge in [0.05, 0.1) is 13.2 Å². The zero-order valence-corrected chi connectivity index (χ0v) is 13.4. The van der Waals surface area contributed by atoms with Crippen LogP contribution in [0.15, 0.2) is 30.3 Å². The number of rotatable bonds is 10. The van der Waals surface area contributed by atoms with E-state index < -0.39 is 0 Å². The van der Waals surface area contributed by atoms with E-state index in [0.29, 0.717) is 26.2 Å². The molecule has 1 aromatic rings. The lowest BCUT2D eigenvalue weighted by Gasteiger charge is -2.32. The van der Waals surface area contributed by atoms with E-state index in [2.05, 4.69) is 48.7 Å². The Bertz CT molecular complexity index is 403.